The van der Waals surface area contributed by atoms with Crippen molar-refractivity contribution in [2.24, 2.45) is 5.92 Å². The third kappa shape index (κ3) is 3.00. The highest BCUT2D eigenvalue weighted by Gasteiger charge is 2.33. The molecule has 5 heteroatoms. The predicted molar refractivity (Wildman–Crippen MR) is 64.6 cm³/mol. The lowest BCUT2D eigenvalue weighted by Crippen LogP contribution is -2.39. The molecule has 2 unspecified atom stereocenters. The molecule has 1 aliphatic rings. The number of hydrogen-bond donors (Lipinski definition) is 2. The van der Waals surface area contributed by atoms with Crippen LogP contribution in [-0.2, 0) is 9.59 Å². The van der Waals surface area contributed by atoms with Gasteiger partial charge in [-0.05, 0) is 31.1 Å². The Balaban J connectivity index is 1.89. The number of furan rings is 1. The van der Waals surface area contributed by atoms with Crippen LogP contribution in [0.25, 0.3) is 6.08 Å². The summed E-state index contributed by atoms with van der Waals surface area (Å²) in [4.78, 5) is 22.6. The van der Waals surface area contributed by atoms with Gasteiger partial charge in [-0.15, -0.1) is 0 Å². The predicted octanol–water partition coefficient (Wildman–Crippen LogP) is 1.66. The molecule has 2 N–H and O–H groups in total. The van der Waals surface area contributed by atoms with Gasteiger partial charge in [-0.1, -0.05) is 6.42 Å². The van der Waals surface area contributed by atoms with Crippen molar-refractivity contribution in [2.75, 3.05) is 0 Å². The van der Waals surface area contributed by atoms with Crippen molar-refractivity contribution in [1.82, 2.24) is 5.32 Å². The molecule has 0 radical (unpaired) electrons. The fourth-order valence-corrected chi connectivity index (χ4v) is 2.20. The Bertz CT molecular complexity index is 450. The highest BCUT2D eigenvalue weighted by molar-refractivity contribution is 5.92. The van der Waals surface area contributed by atoms with E-state index in [0.717, 1.165) is 12.8 Å². The maximum absolute atomic E-state index is 11.6. The van der Waals surface area contributed by atoms with Crippen LogP contribution in [0.3, 0.4) is 0 Å². The van der Waals surface area contributed by atoms with Crippen molar-refractivity contribution in [2.45, 2.75) is 25.3 Å². The van der Waals surface area contributed by atoms with Crippen molar-refractivity contribution in [3.05, 3.63) is 30.2 Å². The van der Waals surface area contributed by atoms with E-state index >= 15 is 0 Å². The first-order valence-electron chi connectivity index (χ1n) is 5.91. The molecule has 1 aliphatic carbocycles. The van der Waals surface area contributed by atoms with E-state index in [1.807, 2.05) is 0 Å². The molecular formula is C13H15NO4. The second-order valence-electron chi connectivity index (χ2n) is 4.34. The molecule has 0 aliphatic heterocycles. The molecule has 2 atom stereocenters. The number of carboxylic acid groups (broad SMARTS) is 1. The van der Waals surface area contributed by atoms with Crippen LogP contribution in [0.1, 0.15) is 25.0 Å². The fraction of sp³-hybridized carbons (Fsp3) is 0.385. The van der Waals surface area contributed by atoms with Crippen molar-refractivity contribution in [1.29, 1.82) is 0 Å². The van der Waals surface area contributed by atoms with Crippen molar-refractivity contribution < 1.29 is 19.1 Å². The van der Waals surface area contributed by atoms with Gasteiger partial charge >= 0.3 is 5.97 Å². The van der Waals surface area contributed by atoms with Gasteiger partial charge in [0.15, 0.2) is 0 Å². The van der Waals surface area contributed by atoms with Crippen LogP contribution in [0.15, 0.2) is 28.9 Å². The number of hydrogen-bond acceptors (Lipinski definition) is 3. The lowest BCUT2D eigenvalue weighted by molar-refractivity contribution is -0.142. The summed E-state index contributed by atoms with van der Waals surface area (Å²) in [6.07, 6.45) is 6.62. The number of carbonyl (C=O) groups excluding carboxylic acids is 1. The highest BCUT2D eigenvalue weighted by atomic mass is 16.4. The van der Waals surface area contributed by atoms with Crippen molar-refractivity contribution in [3.63, 3.8) is 0 Å². The summed E-state index contributed by atoms with van der Waals surface area (Å²) < 4.78 is 5.05. The van der Waals surface area contributed by atoms with Gasteiger partial charge in [-0.25, -0.2) is 0 Å². The second-order valence-corrected chi connectivity index (χ2v) is 4.34. The molecule has 1 amide bonds. The van der Waals surface area contributed by atoms with Crippen molar-refractivity contribution in [3.8, 4) is 0 Å². The quantitative estimate of drug-likeness (QED) is 0.795. The van der Waals surface area contributed by atoms with E-state index in [9.17, 15) is 9.59 Å². The molecular weight excluding hydrogens is 234 g/mol. The summed E-state index contributed by atoms with van der Waals surface area (Å²) >= 11 is 0. The van der Waals surface area contributed by atoms with Gasteiger partial charge in [0.2, 0.25) is 5.91 Å². The molecule has 0 aromatic carbocycles. The molecule has 1 aromatic heterocycles. The first-order chi connectivity index (χ1) is 8.66. The van der Waals surface area contributed by atoms with Crippen molar-refractivity contribution >= 4 is 18.0 Å². The monoisotopic (exact) mass is 249 g/mol. The highest BCUT2D eigenvalue weighted by Crippen LogP contribution is 2.25. The van der Waals surface area contributed by atoms with Crippen LogP contribution in [-0.4, -0.2) is 23.0 Å². The van der Waals surface area contributed by atoms with E-state index < -0.39 is 11.9 Å². The zero-order valence-corrected chi connectivity index (χ0v) is 9.83. The summed E-state index contributed by atoms with van der Waals surface area (Å²) in [5, 5.41) is 11.7. The Kier molecular flexibility index (Phi) is 3.82. The van der Waals surface area contributed by atoms with E-state index in [2.05, 4.69) is 5.32 Å². The van der Waals surface area contributed by atoms with Gasteiger partial charge in [0.25, 0.3) is 0 Å². The number of nitrogens with one attached hydrogen (secondary N) is 1. The number of carboxylic acids is 1. The summed E-state index contributed by atoms with van der Waals surface area (Å²) in [5.41, 5.74) is 0. The van der Waals surface area contributed by atoms with Crippen LogP contribution in [0.5, 0.6) is 0 Å². The normalized spacial score (nSPS) is 23.3. The van der Waals surface area contributed by atoms with Crippen LogP contribution < -0.4 is 5.32 Å². The van der Waals surface area contributed by atoms with Gasteiger partial charge in [0.1, 0.15) is 5.76 Å². The Morgan fingerprint density at radius 3 is 2.94 bits per heavy atom. The molecule has 1 fully saturated rings. The maximum Gasteiger partial charge on any atom is 0.308 e. The molecule has 1 heterocycles. The SMILES string of the molecule is O=C(C=Cc1ccco1)NC1CCCC1C(=O)O. The fourth-order valence-electron chi connectivity index (χ4n) is 2.20. The molecule has 0 spiro atoms. The van der Waals surface area contributed by atoms with Crippen LogP contribution >= 0.6 is 0 Å². The van der Waals surface area contributed by atoms with Gasteiger partial charge in [0, 0.05) is 12.1 Å². The van der Waals surface area contributed by atoms with Gasteiger partial charge in [-0.2, -0.15) is 0 Å². The minimum absolute atomic E-state index is 0.267. The summed E-state index contributed by atoms with van der Waals surface area (Å²) in [5.74, 6) is -1.00. The van der Waals surface area contributed by atoms with E-state index in [4.69, 9.17) is 9.52 Å². The zero-order chi connectivity index (χ0) is 13.0. The number of amides is 1. The first-order valence-corrected chi connectivity index (χ1v) is 5.91. The van der Waals surface area contributed by atoms with E-state index in [0.29, 0.717) is 12.2 Å². The maximum atomic E-state index is 11.6. The molecule has 2 rings (SSSR count). The molecule has 1 aromatic rings. The van der Waals surface area contributed by atoms with Crippen LogP contribution in [0, 0.1) is 5.92 Å². The summed E-state index contributed by atoms with van der Waals surface area (Å²) in [6.45, 7) is 0. The second kappa shape index (κ2) is 5.53. The standard InChI is InChI=1S/C13H15NO4/c15-12(7-6-9-3-2-8-18-9)14-11-5-1-4-10(11)13(16)17/h2-3,6-8,10-11H,1,4-5H2,(H,14,15)(H,16,17). The topological polar surface area (TPSA) is 79.5 Å². The molecule has 0 saturated heterocycles. The van der Waals surface area contributed by atoms with Gasteiger partial charge in [-0.3, -0.25) is 9.59 Å². The Labute approximate surface area is 104 Å². The average molecular weight is 249 g/mol. The third-order valence-corrected chi connectivity index (χ3v) is 3.10. The third-order valence-electron chi connectivity index (χ3n) is 3.10. The summed E-state index contributed by atoms with van der Waals surface area (Å²) in [7, 11) is 0. The Morgan fingerprint density at radius 2 is 2.28 bits per heavy atom. The van der Waals surface area contributed by atoms with E-state index in [1.165, 1.54) is 12.3 Å². The molecule has 0 bridgehead atoms. The number of aliphatic carboxylic acids is 1. The first kappa shape index (κ1) is 12.4. The minimum atomic E-state index is -0.840. The van der Waals surface area contributed by atoms with Gasteiger partial charge < -0.3 is 14.8 Å². The van der Waals surface area contributed by atoms with Crippen LogP contribution in [0.4, 0.5) is 0 Å². The van der Waals surface area contributed by atoms with Gasteiger partial charge in [0.05, 0.1) is 12.2 Å². The van der Waals surface area contributed by atoms with E-state index in [1.54, 1.807) is 18.2 Å². The van der Waals surface area contributed by atoms with E-state index in [-0.39, 0.29) is 11.9 Å². The number of carbonyl (C=O) groups is 2. The molecule has 5 nitrogen and oxygen atoms in total. The Hall–Kier alpha value is -2.04. The van der Waals surface area contributed by atoms with Crippen LogP contribution in [0.2, 0.25) is 0 Å². The lowest BCUT2D eigenvalue weighted by Gasteiger charge is -2.16. The minimum Gasteiger partial charge on any atom is -0.481 e. The average Bonchev–Trinajstić information content (AvgIpc) is 2.96. The molecule has 18 heavy (non-hydrogen) atoms. The molecule has 96 valence electrons. The molecule has 1 saturated carbocycles. The zero-order valence-electron chi connectivity index (χ0n) is 9.83. The largest absolute Gasteiger partial charge is 0.481 e. The Morgan fingerprint density at radius 1 is 1.44 bits per heavy atom. The smallest absolute Gasteiger partial charge is 0.308 e. The lowest BCUT2D eigenvalue weighted by atomic mass is 10.0. The summed E-state index contributed by atoms with van der Waals surface area (Å²) in [6, 6.07) is 3.20. The number of rotatable bonds is 4.